The summed E-state index contributed by atoms with van der Waals surface area (Å²) in [6.07, 6.45) is 1.99. The molecular formula is C14H15N3O2S. The maximum atomic E-state index is 12.1. The van der Waals surface area contributed by atoms with E-state index in [1.54, 1.807) is 5.38 Å². The summed E-state index contributed by atoms with van der Waals surface area (Å²) in [5.74, 6) is 0.700. The van der Waals surface area contributed by atoms with Crippen LogP contribution in [0.3, 0.4) is 0 Å². The third-order valence-corrected chi connectivity index (χ3v) is 4.00. The number of nitrogens with zero attached hydrogens (tertiary/aromatic N) is 1. The van der Waals surface area contributed by atoms with Crippen molar-refractivity contribution in [1.29, 1.82) is 0 Å². The van der Waals surface area contributed by atoms with Crippen molar-refractivity contribution in [3.05, 3.63) is 39.8 Å². The zero-order valence-electron chi connectivity index (χ0n) is 10.9. The highest BCUT2D eigenvalue weighted by Gasteiger charge is 2.14. The molecule has 0 saturated heterocycles. The molecule has 5 nitrogen and oxygen atoms in total. The first-order chi connectivity index (χ1) is 9.76. The minimum absolute atomic E-state index is 0.211. The Kier molecular flexibility index (Phi) is 3.66. The second-order valence-electron chi connectivity index (χ2n) is 4.56. The van der Waals surface area contributed by atoms with Crippen LogP contribution >= 0.6 is 11.3 Å². The Morgan fingerprint density at radius 2 is 2.40 bits per heavy atom. The fraction of sp³-hybridized carbons (Fsp3) is 0.286. The molecular weight excluding hydrogens is 274 g/mol. The molecule has 6 heteroatoms. The van der Waals surface area contributed by atoms with Crippen molar-refractivity contribution < 1.29 is 9.53 Å². The molecule has 2 aromatic rings. The van der Waals surface area contributed by atoms with Crippen molar-refractivity contribution >= 4 is 22.9 Å². The predicted octanol–water partition coefficient (Wildman–Crippen LogP) is 2.18. The van der Waals surface area contributed by atoms with Gasteiger partial charge in [0.15, 0.2) is 0 Å². The van der Waals surface area contributed by atoms with Crippen LogP contribution in [0.4, 0.5) is 5.69 Å². The van der Waals surface area contributed by atoms with Crippen LogP contribution in [0.5, 0.6) is 5.75 Å². The van der Waals surface area contributed by atoms with Gasteiger partial charge in [-0.2, -0.15) is 0 Å². The molecule has 3 N–H and O–H groups in total. The summed E-state index contributed by atoms with van der Waals surface area (Å²) in [5.41, 5.74) is 7.80. The highest BCUT2D eigenvalue weighted by molar-refractivity contribution is 7.09. The van der Waals surface area contributed by atoms with Crippen molar-refractivity contribution in [3.8, 4) is 5.75 Å². The summed E-state index contributed by atoms with van der Waals surface area (Å²) in [6.45, 7) is 1.12. The predicted molar refractivity (Wildman–Crippen MR) is 78.2 cm³/mol. The summed E-state index contributed by atoms with van der Waals surface area (Å²) in [6, 6.07) is 5.71. The summed E-state index contributed by atoms with van der Waals surface area (Å²) < 4.78 is 5.55. The van der Waals surface area contributed by atoms with E-state index in [9.17, 15) is 4.79 Å². The van der Waals surface area contributed by atoms with Crippen molar-refractivity contribution in [2.45, 2.75) is 19.4 Å². The minimum Gasteiger partial charge on any atom is -0.493 e. The van der Waals surface area contributed by atoms with Crippen molar-refractivity contribution in [3.63, 3.8) is 0 Å². The number of rotatable bonds is 3. The fourth-order valence-corrected chi connectivity index (χ4v) is 2.80. The van der Waals surface area contributed by atoms with E-state index < -0.39 is 0 Å². The van der Waals surface area contributed by atoms with Gasteiger partial charge in [-0.3, -0.25) is 4.79 Å². The van der Waals surface area contributed by atoms with Crippen LogP contribution in [-0.2, 0) is 13.0 Å². The normalized spacial score (nSPS) is 13.4. The largest absolute Gasteiger partial charge is 0.493 e. The van der Waals surface area contributed by atoms with E-state index in [4.69, 9.17) is 10.5 Å². The molecule has 0 spiro atoms. The average Bonchev–Trinajstić information content (AvgIpc) is 2.96. The van der Waals surface area contributed by atoms with Crippen molar-refractivity contribution in [2.24, 2.45) is 5.73 Å². The number of hydrogen-bond donors (Lipinski definition) is 2. The second-order valence-corrected chi connectivity index (χ2v) is 5.50. The standard InChI is InChI=1S/C14H15N3O2S/c15-7-13-17-11(8-20-13)14(18)16-10-3-4-12-9(6-10)2-1-5-19-12/h3-4,6,8H,1-2,5,7,15H2,(H,16,18). The van der Waals surface area contributed by atoms with Gasteiger partial charge >= 0.3 is 0 Å². The van der Waals surface area contributed by atoms with E-state index in [1.165, 1.54) is 11.3 Å². The number of carbonyl (C=O) groups is 1. The number of nitrogens with one attached hydrogen (secondary N) is 1. The lowest BCUT2D eigenvalue weighted by atomic mass is 10.1. The highest BCUT2D eigenvalue weighted by Crippen LogP contribution is 2.27. The molecule has 0 radical (unpaired) electrons. The molecule has 1 aromatic heterocycles. The van der Waals surface area contributed by atoms with E-state index in [-0.39, 0.29) is 5.91 Å². The summed E-state index contributed by atoms with van der Waals surface area (Å²) in [7, 11) is 0. The van der Waals surface area contributed by atoms with Gasteiger partial charge in [-0.05, 0) is 36.6 Å². The van der Waals surface area contributed by atoms with Gasteiger partial charge < -0.3 is 15.8 Å². The van der Waals surface area contributed by atoms with Gasteiger partial charge in [0.05, 0.1) is 6.61 Å². The van der Waals surface area contributed by atoms with Gasteiger partial charge in [-0.1, -0.05) is 0 Å². The van der Waals surface area contributed by atoms with E-state index in [0.29, 0.717) is 12.2 Å². The molecule has 1 amide bonds. The third kappa shape index (κ3) is 2.66. The molecule has 0 atom stereocenters. The molecule has 1 aliphatic heterocycles. The number of anilines is 1. The summed E-state index contributed by atoms with van der Waals surface area (Å²) in [4.78, 5) is 16.2. The number of carbonyl (C=O) groups excluding carboxylic acids is 1. The number of amides is 1. The topological polar surface area (TPSA) is 77.2 Å². The molecule has 0 unspecified atom stereocenters. The Hall–Kier alpha value is -1.92. The number of benzene rings is 1. The van der Waals surface area contributed by atoms with Crippen LogP contribution in [0.25, 0.3) is 0 Å². The van der Waals surface area contributed by atoms with Gasteiger partial charge in [0.25, 0.3) is 5.91 Å². The quantitative estimate of drug-likeness (QED) is 0.908. The third-order valence-electron chi connectivity index (χ3n) is 3.13. The van der Waals surface area contributed by atoms with Gasteiger partial charge in [0, 0.05) is 17.6 Å². The molecule has 20 heavy (non-hydrogen) atoms. The van der Waals surface area contributed by atoms with E-state index in [1.807, 2.05) is 18.2 Å². The Balaban J connectivity index is 1.75. The summed E-state index contributed by atoms with van der Waals surface area (Å²) in [5, 5.41) is 5.33. The minimum atomic E-state index is -0.211. The molecule has 3 rings (SSSR count). The summed E-state index contributed by atoms with van der Waals surface area (Å²) >= 11 is 1.39. The first-order valence-corrected chi connectivity index (χ1v) is 7.36. The zero-order chi connectivity index (χ0) is 13.9. The van der Waals surface area contributed by atoms with E-state index in [0.717, 1.165) is 41.5 Å². The van der Waals surface area contributed by atoms with Crippen LogP contribution in [-0.4, -0.2) is 17.5 Å². The number of aromatic nitrogens is 1. The number of thiazole rings is 1. The zero-order valence-corrected chi connectivity index (χ0v) is 11.7. The number of ether oxygens (including phenoxy) is 1. The Bertz CT molecular complexity index is 639. The fourth-order valence-electron chi connectivity index (χ4n) is 2.14. The van der Waals surface area contributed by atoms with Crippen LogP contribution in [0.2, 0.25) is 0 Å². The van der Waals surface area contributed by atoms with Crippen LogP contribution < -0.4 is 15.8 Å². The molecule has 1 aliphatic rings. The molecule has 0 aliphatic carbocycles. The molecule has 0 bridgehead atoms. The maximum absolute atomic E-state index is 12.1. The lowest BCUT2D eigenvalue weighted by Gasteiger charge is -2.17. The molecule has 0 fully saturated rings. The van der Waals surface area contributed by atoms with Crippen molar-refractivity contribution in [2.75, 3.05) is 11.9 Å². The second kappa shape index (κ2) is 5.60. The average molecular weight is 289 g/mol. The smallest absolute Gasteiger partial charge is 0.275 e. The lowest BCUT2D eigenvalue weighted by Crippen LogP contribution is -2.14. The maximum Gasteiger partial charge on any atom is 0.275 e. The number of nitrogens with two attached hydrogens (primary N) is 1. The number of fused-ring (bicyclic) bond motifs is 1. The molecule has 0 saturated carbocycles. The van der Waals surface area contributed by atoms with Gasteiger partial charge in [0.1, 0.15) is 16.5 Å². The van der Waals surface area contributed by atoms with Crippen LogP contribution in [0.15, 0.2) is 23.6 Å². The molecule has 1 aromatic carbocycles. The molecule has 2 heterocycles. The van der Waals surface area contributed by atoms with Crippen LogP contribution in [0, 0.1) is 0 Å². The first kappa shape index (κ1) is 13.1. The number of aryl methyl sites for hydroxylation is 1. The Morgan fingerprint density at radius 1 is 1.50 bits per heavy atom. The van der Waals surface area contributed by atoms with Crippen LogP contribution in [0.1, 0.15) is 27.5 Å². The number of hydrogen-bond acceptors (Lipinski definition) is 5. The van der Waals surface area contributed by atoms with Gasteiger partial charge in [-0.25, -0.2) is 4.98 Å². The van der Waals surface area contributed by atoms with Gasteiger partial charge in [0.2, 0.25) is 0 Å². The van der Waals surface area contributed by atoms with Crippen molar-refractivity contribution in [1.82, 2.24) is 4.98 Å². The SMILES string of the molecule is NCc1nc(C(=O)Nc2ccc3c(c2)CCCO3)cs1. The van der Waals surface area contributed by atoms with Gasteiger partial charge in [-0.15, -0.1) is 11.3 Å². The highest BCUT2D eigenvalue weighted by atomic mass is 32.1. The Morgan fingerprint density at radius 3 is 3.20 bits per heavy atom. The molecule has 104 valence electrons. The van der Waals surface area contributed by atoms with E-state index >= 15 is 0 Å². The Labute approximate surface area is 120 Å². The van der Waals surface area contributed by atoms with E-state index in [2.05, 4.69) is 10.3 Å². The monoisotopic (exact) mass is 289 g/mol. The lowest BCUT2D eigenvalue weighted by molar-refractivity contribution is 0.102. The first-order valence-electron chi connectivity index (χ1n) is 6.48.